The van der Waals surface area contributed by atoms with E-state index in [1.165, 1.54) is 5.56 Å². The maximum atomic E-state index is 6.31. The molecule has 35 heavy (non-hydrogen) atoms. The van der Waals surface area contributed by atoms with Gasteiger partial charge in [-0.1, -0.05) is 38.1 Å². The third-order valence-corrected chi connectivity index (χ3v) is 7.13. The molecule has 5 N–H and O–H groups in total. The molecule has 8 nitrogen and oxygen atoms in total. The number of hydrogen-bond acceptors (Lipinski definition) is 6. The number of pyridine rings is 2. The van der Waals surface area contributed by atoms with Crippen molar-refractivity contribution in [1.29, 1.82) is 0 Å². The molecule has 1 aromatic carbocycles. The van der Waals surface area contributed by atoms with Crippen LogP contribution in [0.25, 0.3) is 22.1 Å². The zero-order valence-corrected chi connectivity index (χ0v) is 20.9. The molecule has 0 bridgehead atoms. The molecule has 0 saturated carbocycles. The van der Waals surface area contributed by atoms with Crippen molar-refractivity contribution in [3.8, 4) is 0 Å². The first-order valence-corrected chi connectivity index (χ1v) is 12.4. The molecule has 1 saturated heterocycles. The summed E-state index contributed by atoms with van der Waals surface area (Å²) in [6.07, 6.45) is 5.89. The van der Waals surface area contributed by atoms with Gasteiger partial charge in [-0.05, 0) is 48.9 Å². The predicted octanol–water partition coefficient (Wildman–Crippen LogP) is 3.37. The van der Waals surface area contributed by atoms with Crippen LogP contribution in [0.1, 0.15) is 37.8 Å². The van der Waals surface area contributed by atoms with E-state index in [-0.39, 0.29) is 11.5 Å². The van der Waals surface area contributed by atoms with Gasteiger partial charge in [0.25, 0.3) is 0 Å². The Morgan fingerprint density at radius 3 is 2.57 bits per heavy atom. The highest BCUT2D eigenvalue weighted by atomic mass is 16.0. The van der Waals surface area contributed by atoms with E-state index in [1.54, 1.807) is 0 Å². The maximum absolute atomic E-state index is 6.31. The highest BCUT2D eigenvalue weighted by molar-refractivity contribution is 5.82. The molecule has 1 atom stereocenters. The van der Waals surface area contributed by atoms with Crippen LogP contribution in [0.15, 0.2) is 48.8 Å². The first-order valence-electron chi connectivity index (χ1n) is 12.4. The molecule has 0 spiro atoms. The number of benzene rings is 1. The second kappa shape index (κ2) is 10.7. The summed E-state index contributed by atoms with van der Waals surface area (Å²) < 4.78 is 2.22. The van der Waals surface area contributed by atoms with Crippen molar-refractivity contribution in [2.24, 2.45) is 11.7 Å². The van der Waals surface area contributed by atoms with Gasteiger partial charge in [-0.25, -0.2) is 9.97 Å². The Morgan fingerprint density at radius 1 is 1.03 bits per heavy atom. The van der Waals surface area contributed by atoms with Crippen molar-refractivity contribution in [2.75, 3.05) is 25.0 Å². The number of nitrogens with zero attached hydrogens (tertiary/aromatic N) is 5. The quantitative estimate of drug-likeness (QED) is 0.423. The number of aryl methyl sites for hydroxylation is 1. The Hall–Kier alpha value is -3.07. The third kappa shape index (κ3) is 5.29. The van der Waals surface area contributed by atoms with E-state index in [2.05, 4.69) is 64.8 Å². The fourth-order valence-corrected chi connectivity index (χ4v) is 4.82. The molecular weight excluding hydrogens is 438 g/mol. The number of hydrogen-bond donors (Lipinski definition) is 2. The summed E-state index contributed by atoms with van der Waals surface area (Å²) in [7, 11) is 0. The Balaban J connectivity index is 0.00000289. The lowest BCUT2D eigenvalue weighted by Gasteiger charge is -2.34. The Kier molecular flexibility index (Phi) is 7.64. The van der Waals surface area contributed by atoms with Crippen molar-refractivity contribution in [3.05, 3.63) is 59.9 Å². The molecule has 0 amide bonds. The predicted molar refractivity (Wildman–Crippen MR) is 143 cm³/mol. The standard InChI is InChI=1S/C27H35N7.H2O/c1-18(2)23(28)17-33-14-10-22(11-15-33)31-27-32-24-19(3)9-13-30-26(24)34(27)16-21-7-4-6-20-8-5-12-29-25(20)21;/h4-9,12-13,18,22-23H,10-11,14-17,28H2,1-3H3,(H,31,32);1H2. The fraction of sp³-hybridized carbons (Fsp3) is 0.444. The smallest absolute Gasteiger partial charge is 0.205 e. The average molecular weight is 476 g/mol. The van der Waals surface area contributed by atoms with Crippen LogP contribution in [0.3, 0.4) is 0 Å². The van der Waals surface area contributed by atoms with Crippen molar-refractivity contribution in [2.45, 2.75) is 52.2 Å². The van der Waals surface area contributed by atoms with E-state index in [0.717, 1.165) is 66.1 Å². The summed E-state index contributed by atoms with van der Waals surface area (Å²) in [5, 5.41) is 4.91. The Morgan fingerprint density at radius 2 is 1.80 bits per heavy atom. The normalized spacial score (nSPS) is 16.0. The molecule has 8 heteroatoms. The van der Waals surface area contributed by atoms with Gasteiger partial charge in [0.2, 0.25) is 5.95 Å². The van der Waals surface area contributed by atoms with Crippen LogP contribution in [-0.4, -0.2) is 61.6 Å². The Bertz CT molecular complexity index is 1270. The molecule has 1 aliphatic rings. The SMILES string of the molecule is Cc1ccnc2c1nc(NC1CCN(CC(N)C(C)C)CC1)n2Cc1cccc2cccnc12.O. The number of piperidine rings is 1. The number of nitrogens with one attached hydrogen (secondary N) is 1. The lowest BCUT2D eigenvalue weighted by Crippen LogP contribution is -2.46. The number of imidazole rings is 1. The average Bonchev–Trinajstić information content (AvgIpc) is 3.18. The molecule has 4 heterocycles. The van der Waals surface area contributed by atoms with Crippen LogP contribution in [0.5, 0.6) is 0 Å². The largest absolute Gasteiger partial charge is 0.412 e. The molecule has 3 aromatic heterocycles. The van der Waals surface area contributed by atoms with Gasteiger partial charge >= 0.3 is 0 Å². The topological polar surface area (TPSA) is 116 Å². The van der Waals surface area contributed by atoms with Crippen molar-refractivity contribution in [1.82, 2.24) is 24.4 Å². The fourth-order valence-electron chi connectivity index (χ4n) is 4.82. The van der Waals surface area contributed by atoms with E-state index in [4.69, 9.17) is 15.7 Å². The van der Waals surface area contributed by atoms with Crippen molar-refractivity contribution >= 4 is 28.0 Å². The van der Waals surface area contributed by atoms with Crippen LogP contribution >= 0.6 is 0 Å². The maximum Gasteiger partial charge on any atom is 0.205 e. The zero-order chi connectivity index (χ0) is 23.7. The lowest BCUT2D eigenvalue weighted by molar-refractivity contribution is 0.194. The summed E-state index contributed by atoms with van der Waals surface area (Å²) in [6, 6.07) is 13.1. The van der Waals surface area contributed by atoms with Crippen LogP contribution in [0.4, 0.5) is 5.95 Å². The Labute approximate surface area is 206 Å². The number of fused-ring (bicyclic) bond motifs is 2. The molecular formula is C27H37N7O. The van der Waals surface area contributed by atoms with Crippen molar-refractivity contribution in [3.63, 3.8) is 0 Å². The van der Waals surface area contributed by atoms with Crippen LogP contribution in [0.2, 0.25) is 0 Å². The third-order valence-electron chi connectivity index (χ3n) is 7.13. The van der Waals surface area contributed by atoms with Gasteiger partial charge in [-0.3, -0.25) is 9.55 Å². The van der Waals surface area contributed by atoms with Crippen LogP contribution < -0.4 is 11.1 Å². The van der Waals surface area contributed by atoms with E-state index < -0.39 is 0 Å². The van der Waals surface area contributed by atoms with Crippen LogP contribution in [-0.2, 0) is 6.54 Å². The second-order valence-corrected chi connectivity index (χ2v) is 9.94. The first-order chi connectivity index (χ1) is 16.5. The molecule has 4 aromatic rings. The number of para-hydroxylation sites is 1. The minimum Gasteiger partial charge on any atom is -0.412 e. The zero-order valence-electron chi connectivity index (χ0n) is 20.9. The summed E-state index contributed by atoms with van der Waals surface area (Å²) in [5.74, 6) is 1.40. The molecule has 1 fully saturated rings. The van der Waals surface area contributed by atoms with Crippen molar-refractivity contribution < 1.29 is 5.48 Å². The summed E-state index contributed by atoms with van der Waals surface area (Å²) in [5.41, 5.74) is 11.5. The number of anilines is 1. The molecule has 5 rings (SSSR count). The van der Waals surface area contributed by atoms with Gasteiger partial charge in [0.1, 0.15) is 5.52 Å². The highest BCUT2D eigenvalue weighted by Gasteiger charge is 2.24. The number of nitrogens with two attached hydrogens (primary N) is 1. The van der Waals surface area contributed by atoms with Gasteiger partial charge in [-0.2, -0.15) is 0 Å². The van der Waals surface area contributed by atoms with Gasteiger partial charge in [0, 0.05) is 49.5 Å². The highest BCUT2D eigenvalue weighted by Crippen LogP contribution is 2.26. The molecule has 0 aliphatic carbocycles. The van der Waals surface area contributed by atoms with Gasteiger partial charge in [-0.15, -0.1) is 0 Å². The van der Waals surface area contributed by atoms with Crippen LogP contribution in [0, 0.1) is 12.8 Å². The van der Waals surface area contributed by atoms with Gasteiger partial charge in [0.15, 0.2) is 5.65 Å². The van der Waals surface area contributed by atoms with E-state index in [0.29, 0.717) is 18.5 Å². The van der Waals surface area contributed by atoms with Gasteiger partial charge in [0.05, 0.1) is 12.1 Å². The molecule has 0 radical (unpaired) electrons. The monoisotopic (exact) mass is 475 g/mol. The van der Waals surface area contributed by atoms with E-state index in [1.807, 2.05) is 24.5 Å². The lowest BCUT2D eigenvalue weighted by atomic mass is 10.0. The minimum absolute atomic E-state index is 0. The second-order valence-electron chi connectivity index (χ2n) is 9.94. The number of likely N-dealkylation sites (tertiary alicyclic amines) is 1. The molecule has 1 aliphatic heterocycles. The summed E-state index contributed by atoms with van der Waals surface area (Å²) >= 11 is 0. The minimum atomic E-state index is 0. The van der Waals surface area contributed by atoms with E-state index in [9.17, 15) is 0 Å². The molecule has 1 unspecified atom stereocenters. The first kappa shape index (κ1) is 25.0. The number of aromatic nitrogens is 4. The van der Waals surface area contributed by atoms with E-state index >= 15 is 0 Å². The number of rotatable bonds is 7. The summed E-state index contributed by atoms with van der Waals surface area (Å²) in [4.78, 5) is 16.9. The summed E-state index contributed by atoms with van der Waals surface area (Å²) in [6.45, 7) is 10.3. The molecule has 186 valence electrons. The van der Waals surface area contributed by atoms with Gasteiger partial charge < -0.3 is 21.4 Å².